The second kappa shape index (κ2) is 28.2. The van der Waals surface area contributed by atoms with Crippen LogP contribution < -0.4 is 21.3 Å². The second-order valence-electron chi connectivity index (χ2n) is 17.8. The molecular weight excluding hydrogens is 945 g/mol. The van der Waals surface area contributed by atoms with Crippen LogP contribution in [0.15, 0.2) is 36.4 Å². The van der Waals surface area contributed by atoms with Crippen LogP contribution in [-0.4, -0.2) is 94.2 Å². The molecule has 0 aliphatic carbocycles. The van der Waals surface area contributed by atoms with Crippen molar-refractivity contribution in [3.05, 3.63) is 58.7 Å². The lowest BCUT2D eigenvalue weighted by Gasteiger charge is -2.24. The standard InChI is InChI=1S/C24H38N2O6S3.C22H34N2O5S2/c1-8-18-12-19(15-32-35(7,30)31)14-20(13-18)26-23(29)16(2)11-21(27)17(3)25-22(28)9-10-24(4,5)34(6)33;1-14(21(29)24-18-10-16(12-25)9-17(11-18)13-26)8-19(27)15(2)23-20(28)6-7-22(3,4)31(5)30/h12-14,16-17H,8-11,15H2,1-7H3,(H,25,28)(H,26,29);9-11,14-15,25-26H,6-8,12-13H2,1-5H3,(H,23,28)(H,24,29)/t16-,17+,34?;14-,15+,31?/m11/s1. The Morgan fingerprint density at radius 1 is 0.652 bits per heavy atom. The van der Waals surface area contributed by atoms with Gasteiger partial charge < -0.3 is 31.5 Å². The van der Waals surface area contributed by atoms with E-state index in [1.54, 1.807) is 58.0 Å². The highest BCUT2D eigenvalue weighted by molar-refractivity contribution is 8.29. The number of benzene rings is 2. The Bertz CT molecular complexity index is 2160. The normalized spacial score (nSPS) is 14.5. The number of aliphatic hydroxyl groups excluding tert-OH is 2. The summed E-state index contributed by atoms with van der Waals surface area (Å²) in [4.78, 5) is 74.7. The van der Waals surface area contributed by atoms with E-state index in [-0.39, 0.29) is 103 Å². The van der Waals surface area contributed by atoms with Gasteiger partial charge in [-0.3, -0.25) is 33.0 Å². The fraction of sp³-hybridized carbons (Fsp3) is 0.609. The number of amides is 4. The molecule has 20 heteroatoms. The number of nitrogens with one attached hydrogen (secondary N) is 4. The van der Waals surface area contributed by atoms with Crippen LogP contribution in [0.3, 0.4) is 0 Å². The summed E-state index contributed by atoms with van der Waals surface area (Å²) >= 11 is 10.7. The van der Waals surface area contributed by atoms with Crippen LogP contribution in [-0.2, 0) is 111 Å². The Hall–Kier alpha value is -3.37. The summed E-state index contributed by atoms with van der Waals surface area (Å²) in [6, 6.07) is 8.73. The highest BCUT2D eigenvalue weighted by Crippen LogP contribution is 2.22. The number of anilines is 2. The summed E-state index contributed by atoms with van der Waals surface area (Å²) in [6.07, 6.45) is 7.41. The Morgan fingerprint density at radius 2 is 1.00 bits per heavy atom. The maximum absolute atomic E-state index is 12.7. The molecular formula is C46H72N4O11S5. The molecule has 372 valence electrons. The minimum absolute atomic E-state index is 0.0180. The minimum Gasteiger partial charge on any atom is -0.392 e. The van der Waals surface area contributed by atoms with Gasteiger partial charge in [-0.1, -0.05) is 83.0 Å². The molecule has 0 saturated carbocycles. The molecule has 2 unspecified atom stereocenters. The number of aliphatic hydroxyl groups is 2. The number of carbonyl (C=O) groups is 6. The van der Waals surface area contributed by atoms with E-state index in [1.165, 1.54) is 0 Å². The predicted molar refractivity (Wildman–Crippen MR) is 272 cm³/mol. The van der Waals surface area contributed by atoms with Crippen LogP contribution >= 0.6 is 0 Å². The summed E-state index contributed by atoms with van der Waals surface area (Å²) in [5.74, 6) is -2.81. The molecule has 4 amide bonds. The van der Waals surface area contributed by atoms with Gasteiger partial charge in [0.1, 0.15) is 0 Å². The third kappa shape index (κ3) is 23.1. The van der Waals surface area contributed by atoms with Crippen molar-refractivity contribution in [3.8, 4) is 0 Å². The number of ketones is 2. The maximum atomic E-state index is 12.7. The van der Waals surface area contributed by atoms with Crippen LogP contribution in [0.5, 0.6) is 0 Å². The first-order valence-electron chi connectivity index (χ1n) is 21.7. The quantitative estimate of drug-likeness (QED) is 0.0682. The van der Waals surface area contributed by atoms with E-state index in [0.717, 1.165) is 11.8 Å². The Labute approximate surface area is 406 Å². The highest BCUT2D eigenvalue weighted by atomic mass is 32.8. The van der Waals surface area contributed by atoms with Crippen molar-refractivity contribution in [2.24, 2.45) is 11.8 Å². The molecule has 15 nitrogen and oxygen atoms in total. The number of Topliss-reactive ketones (excluding diaryl/α,β-unsaturated/α-hetero) is 2. The summed E-state index contributed by atoms with van der Waals surface area (Å²) in [5, 5.41) is 29.6. The summed E-state index contributed by atoms with van der Waals surface area (Å²) in [6.45, 7) is 16.0. The van der Waals surface area contributed by atoms with E-state index in [9.17, 15) is 47.4 Å². The fourth-order valence-corrected chi connectivity index (χ4v) is 7.52. The van der Waals surface area contributed by atoms with Gasteiger partial charge >= 0.3 is 0 Å². The molecule has 0 bridgehead atoms. The molecule has 2 aromatic carbocycles. The van der Waals surface area contributed by atoms with Crippen LogP contribution in [0.1, 0.15) is 123 Å². The fourth-order valence-electron chi connectivity index (χ4n) is 5.89. The van der Waals surface area contributed by atoms with Gasteiger partial charge in [0.25, 0.3) is 10.1 Å². The number of hydrogen-bond donors (Lipinski definition) is 6. The Balaban J connectivity index is 0.000000665. The lowest BCUT2D eigenvalue weighted by molar-refractivity contribution is -0.129. The molecule has 0 heterocycles. The monoisotopic (exact) mass is 1020 g/mol. The van der Waals surface area contributed by atoms with Crippen LogP contribution in [0, 0.1) is 11.8 Å². The summed E-state index contributed by atoms with van der Waals surface area (Å²) < 4.78 is 27.2. The minimum atomic E-state index is -3.60. The van der Waals surface area contributed by atoms with Gasteiger partial charge in [-0.2, -0.15) is 8.42 Å². The van der Waals surface area contributed by atoms with Gasteiger partial charge in [-0.05, 0) is 92.1 Å². The zero-order valence-electron chi connectivity index (χ0n) is 40.5. The average Bonchev–Trinajstić information content (AvgIpc) is 3.23. The molecule has 2 aromatic rings. The molecule has 0 saturated heterocycles. The number of rotatable bonds is 26. The SMILES string of the molecule is CCc1cc(COS(C)(=O)=O)cc(NC(=O)[C@H](C)CC(=O)[C@H](C)NC(=O)CCC(C)(C)S(C)=S)c1.C[C@H](CC(=O)[C@H](C)NC(=O)CCC(C)(C)S(C)=S)C(=O)Nc1cc(CO)cc(CO)c1. The number of hydrogen-bond acceptors (Lipinski definition) is 13. The van der Waals surface area contributed by atoms with Gasteiger partial charge in [0.2, 0.25) is 23.6 Å². The van der Waals surface area contributed by atoms with E-state index >= 15 is 0 Å². The van der Waals surface area contributed by atoms with E-state index in [0.29, 0.717) is 53.7 Å². The van der Waals surface area contributed by atoms with Crippen molar-refractivity contribution in [2.75, 3.05) is 29.4 Å². The first kappa shape index (κ1) is 60.6. The molecule has 0 fully saturated rings. The third-order valence-corrected chi connectivity index (χ3v) is 17.7. The van der Waals surface area contributed by atoms with Crippen molar-refractivity contribution in [3.63, 3.8) is 0 Å². The Morgan fingerprint density at radius 3 is 1.33 bits per heavy atom. The molecule has 6 N–H and O–H groups in total. The molecule has 6 atom stereocenters. The molecule has 2 rings (SSSR count). The van der Waals surface area contributed by atoms with Crippen LogP contribution in [0.2, 0.25) is 0 Å². The molecule has 0 spiro atoms. The van der Waals surface area contributed by atoms with Crippen LogP contribution in [0.25, 0.3) is 0 Å². The van der Waals surface area contributed by atoms with E-state index in [2.05, 4.69) is 21.3 Å². The first-order valence-corrected chi connectivity index (χ1v) is 28.6. The van der Waals surface area contributed by atoms with E-state index < -0.39 is 34.0 Å². The largest absolute Gasteiger partial charge is 0.392 e. The van der Waals surface area contributed by atoms with Crippen molar-refractivity contribution < 1.29 is 51.6 Å². The zero-order valence-corrected chi connectivity index (χ0v) is 44.5. The summed E-state index contributed by atoms with van der Waals surface area (Å²) in [5.41, 5.74) is 3.59. The lowest BCUT2D eigenvalue weighted by atomic mass is 9.99. The van der Waals surface area contributed by atoms with Gasteiger partial charge in [0, 0.05) is 58.4 Å². The predicted octanol–water partition coefficient (Wildman–Crippen LogP) is 5.01. The van der Waals surface area contributed by atoms with Gasteiger partial charge in [-0.15, -0.1) is 18.9 Å². The maximum Gasteiger partial charge on any atom is 0.264 e. The molecule has 0 aliphatic rings. The highest BCUT2D eigenvalue weighted by Gasteiger charge is 2.27. The molecule has 0 aromatic heterocycles. The number of aryl methyl sites for hydroxylation is 1. The molecule has 66 heavy (non-hydrogen) atoms. The number of carbonyl (C=O) groups excluding carboxylic acids is 6. The Kier molecular flexibility index (Phi) is 25.9. The first-order chi connectivity index (χ1) is 30.4. The smallest absolute Gasteiger partial charge is 0.264 e. The van der Waals surface area contributed by atoms with Gasteiger partial charge in [0.05, 0.1) is 38.2 Å². The van der Waals surface area contributed by atoms with Gasteiger partial charge in [-0.25, -0.2) is 0 Å². The van der Waals surface area contributed by atoms with Crippen molar-refractivity contribution in [2.45, 2.75) is 149 Å². The van der Waals surface area contributed by atoms with Crippen molar-refractivity contribution in [1.82, 2.24) is 10.6 Å². The van der Waals surface area contributed by atoms with E-state index in [1.807, 2.05) is 53.2 Å². The van der Waals surface area contributed by atoms with Crippen molar-refractivity contribution in [1.29, 1.82) is 0 Å². The van der Waals surface area contributed by atoms with Crippen molar-refractivity contribution >= 4 is 98.0 Å². The topological polar surface area (TPSA) is 234 Å². The zero-order chi connectivity index (χ0) is 50.7. The molecule has 0 aliphatic heterocycles. The lowest BCUT2D eigenvalue weighted by Crippen LogP contribution is -2.40. The average molecular weight is 1020 g/mol. The van der Waals surface area contributed by atoms with E-state index in [4.69, 9.17) is 26.6 Å². The summed E-state index contributed by atoms with van der Waals surface area (Å²) in [7, 11) is -4.08. The third-order valence-electron chi connectivity index (χ3n) is 10.9. The molecule has 0 radical (unpaired) electrons. The van der Waals surface area contributed by atoms with Gasteiger partial charge in [0.15, 0.2) is 11.6 Å². The van der Waals surface area contributed by atoms with Crippen LogP contribution in [0.4, 0.5) is 11.4 Å². The second-order valence-corrected chi connectivity index (χ2v) is 26.5.